The van der Waals surface area contributed by atoms with E-state index in [4.69, 9.17) is 9.57 Å². The van der Waals surface area contributed by atoms with Crippen molar-refractivity contribution in [2.75, 3.05) is 12.4 Å². The van der Waals surface area contributed by atoms with Crippen molar-refractivity contribution in [1.29, 1.82) is 0 Å². The lowest BCUT2D eigenvalue weighted by molar-refractivity contribution is -0.165. The van der Waals surface area contributed by atoms with E-state index in [9.17, 15) is 19.1 Å². The summed E-state index contributed by atoms with van der Waals surface area (Å²) in [6.07, 6.45) is -0.612. The van der Waals surface area contributed by atoms with Gasteiger partial charge in [0.15, 0.2) is 0 Å². The topological polar surface area (TPSA) is 97.2 Å². The van der Waals surface area contributed by atoms with Crippen LogP contribution in [0.1, 0.15) is 18.4 Å². The highest BCUT2D eigenvalue weighted by Gasteiger charge is 2.49. The number of anilines is 1. The van der Waals surface area contributed by atoms with Crippen LogP contribution in [-0.4, -0.2) is 35.4 Å². The monoisotopic (exact) mass is 372 g/mol. The standard InChI is InChI=1S/C19H17FN2O5/c1-26-13-8-6-12(7-9-13)16-10-19(18(24)25,27-22-16)11-17(23)21-15-5-3-2-4-14(15)20/h2-9H,10-11H2,1H3,(H,21,23)(H,24,25)/t19-/m0/s1. The van der Waals surface area contributed by atoms with E-state index in [2.05, 4.69) is 10.5 Å². The Hall–Kier alpha value is -3.42. The molecule has 7 nitrogen and oxygen atoms in total. The number of rotatable bonds is 6. The minimum Gasteiger partial charge on any atom is -0.497 e. The first kappa shape index (κ1) is 18.4. The van der Waals surface area contributed by atoms with Crippen LogP contribution in [0.5, 0.6) is 5.75 Å². The van der Waals surface area contributed by atoms with Crippen molar-refractivity contribution < 1.29 is 28.7 Å². The Kier molecular flexibility index (Phi) is 5.07. The van der Waals surface area contributed by atoms with Crippen molar-refractivity contribution in [3.05, 3.63) is 59.9 Å². The zero-order valence-electron chi connectivity index (χ0n) is 14.4. The van der Waals surface area contributed by atoms with Crippen LogP contribution in [0.3, 0.4) is 0 Å². The van der Waals surface area contributed by atoms with Crippen LogP contribution >= 0.6 is 0 Å². The molecule has 2 aromatic carbocycles. The van der Waals surface area contributed by atoms with Crippen LogP contribution < -0.4 is 10.1 Å². The fraction of sp³-hybridized carbons (Fsp3) is 0.211. The number of nitrogens with one attached hydrogen (secondary N) is 1. The molecule has 140 valence electrons. The van der Waals surface area contributed by atoms with Gasteiger partial charge in [0.05, 0.1) is 24.9 Å². The first-order valence-electron chi connectivity index (χ1n) is 8.11. The van der Waals surface area contributed by atoms with Crippen molar-refractivity contribution in [3.63, 3.8) is 0 Å². The van der Waals surface area contributed by atoms with Crippen molar-refractivity contribution in [3.8, 4) is 5.75 Å². The molecule has 0 aromatic heterocycles. The van der Waals surface area contributed by atoms with Crippen LogP contribution in [0.4, 0.5) is 10.1 Å². The van der Waals surface area contributed by atoms with Gasteiger partial charge in [0.25, 0.3) is 0 Å². The molecule has 1 amide bonds. The summed E-state index contributed by atoms with van der Waals surface area (Å²) in [6.45, 7) is 0. The summed E-state index contributed by atoms with van der Waals surface area (Å²) >= 11 is 0. The summed E-state index contributed by atoms with van der Waals surface area (Å²) in [6, 6.07) is 12.5. The predicted octanol–water partition coefficient (Wildman–Crippen LogP) is 2.81. The van der Waals surface area contributed by atoms with Crippen LogP contribution in [0.15, 0.2) is 53.7 Å². The Morgan fingerprint density at radius 2 is 1.96 bits per heavy atom. The van der Waals surface area contributed by atoms with E-state index in [0.717, 1.165) is 0 Å². The summed E-state index contributed by atoms with van der Waals surface area (Å²) in [5.74, 6) is -1.98. The highest BCUT2D eigenvalue weighted by atomic mass is 19.1. The highest BCUT2D eigenvalue weighted by Crippen LogP contribution is 2.31. The van der Waals surface area contributed by atoms with Gasteiger partial charge in [-0.15, -0.1) is 0 Å². The maximum Gasteiger partial charge on any atom is 0.351 e. The summed E-state index contributed by atoms with van der Waals surface area (Å²) < 4.78 is 18.7. The molecule has 0 radical (unpaired) electrons. The van der Waals surface area contributed by atoms with Gasteiger partial charge < -0.3 is 20.0 Å². The average Bonchev–Trinajstić information content (AvgIpc) is 3.09. The Morgan fingerprint density at radius 1 is 1.26 bits per heavy atom. The molecule has 1 aliphatic heterocycles. The second-order valence-electron chi connectivity index (χ2n) is 6.04. The number of carbonyl (C=O) groups excluding carboxylic acids is 1. The predicted molar refractivity (Wildman–Crippen MR) is 95.2 cm³/mol. The molecule has 3 rings (SSSR count). The molecule has 0 saturated carbocycles. The average molecular weight is 372 g/mol. The Morgan fingerprint density at radius 3 is 2.59 bits per heavy atom. The van der Waals surface area contributed by atoms with E-state index < -0.39 is 29.7 Å². The minimum atomic E-state index is -1.84. The third kappa shape index (κ3) is 3.89. The molecular formula is C19H17FN2O5. The molecule has 0 unspecified atom stereocenters. The van der Waals surface area contributed by atoms with Gasteiger partial charge in [-0.1, -0.05) is 17.3 Å². The largest absolute Gasteiger partial charge is 0.497 e. The molecule has 0 spiro atoms. The van der Waals surface area contributed by atoms with Gasteiger partial charge in [-0.25, -0.2) is 9.18 Å². The smallest absolute Gasteiger partial charge is 0.351 e. The Labute approximate surface area is 154 Å². The molecular weight excluding hydrogens is 355 g/mol. The summed E-state index contributed by atoms with van der Waals surface area (Å²) in [7, 11) is 1.54. The first-order valence-corrected chi connectivity index (χ1v) is 8.11. The van der Waals surface area contributed by atoms with Crippen LogP contribution in [0.25, 0.3) is 0 Å². The molecule has 1 heterocycles. The van der Waals surface area contributed by atoms with Gasteiger partial charge in [0.1, 0.15) is 11.6 Å². The molecule has 0 aliphatic carbocycles. The van der Waals surface area contributed by atoms with Gasteiger partial charge in [0, 0.05) is 6.42 Å². The molecule has 1 atom stereocenters. The SMILES string of the molecule is COc1ccc(C2=NO[C@@](CC(=O)Nc3ccccc3F)(C(=O)O)C2)cc1. The first-order chi connectivity index (χ1) is 12.9. The number of carboxylic acid groups (broad SMARTS) is 1. The normalized spacial score (nSPS) is 18.4. The minimum absolute atomic E-state index is 0.0302. The number of aliphatic carboxylic acids is 1. The second kappa shape index (κ2) is 7.45. The van der Waals surface area contributed by atoms with Gasteiger partial charge in [-0.05, 0) is 42.0 Å². The lowest BCUT2D eigenvalue weighted by Gasteiger charge is -2.21. The molecule has 2 N–H and O–H groups in total. The van der Waals surface area contributed by atoms with Crippen LogP contribution in [0.2, 0.25) is 0 Å². The van der Waals surface area contributed by atoms with E-state index >= 15 is 0 Å². The summed E-state index contributed by atoms with van der Waals surface area (Å²) in [5, 5.41) is 15.8. The Bertz CT molecular complexity index is 897. The second-order valence-corrected chi connectivity index (χ2v) is 6.04. The number of oxime groups is 1. The van der Waals surface area contributed by atoms with Crippen molar-refractivity contribution >= 4 is 23.3 Å². The fourth-order valence-corrected chi connectivity index (χ4v) is 2.72. The number of hydrogen-bond acceptors (Lipinski definition) is 5. The zero-order valence-corrected chi connectivity index (χ0v) is 14.4. The van der Waals surface area contributed by atoms with E-state index in [1.54, 1.807) is 30.3 Å². The van der Waals surface area contributed by atoms with Crippen LogP contribution in [0, 0.1) is 5.82 Å². The molecule has 8 heteroatoms. The van der Waals surface area contributed by atoms with Gasteiger partial charge >= 0.3 is 5.97 Å². The van der Waals surface area contributed by atoms with E-state index in [-0.39, 0.29) is 12.1 Å². The molecule has 0 fully saturated rings. The van der Waals surface area contributed by atoms with E-state index in [0.29, 0.717) is 17.0 Å². The molecule has 1 aliphatic rings. The summed E-state index contributed by atoms with van der Waals surface area (Å²) in [4.78, 5) is 29.2. The number of ether oxygens (including phenoxy) is 1. The number of nitrogens with zero attached hydrogens (tertiary/aromatic N) is 1. The third-order valence-electron chi connectivity index (χ3n) is 4.19. The molecule has 27 heavy (non-hydrogen) atoms. The number of halogens is 1. The Balaban J connectivity index is 1.73. The number of hydrogen-bond donors (Lipinski definition) is 2. The number of benzene rings is 2. The quantitative estimate of drug-likeness (QED) is 0.813. The third-order valence-corrected chi connectivity index (χ3v) is 4.19. The van der Waals surface area contributed by atoms with Crippen LogP contribution in [-0.2, 0) is 14.4 Å². The maximum atomic E-state index is 13.7. The highest BCUT2D eigenvalue weighted by molar-refractivity contribution is 6.06. The number of amides is 1. The van der Waals surface area contributed by atoms with E-state index in [1.165, 1.54) is 25.3 Å². The maximum absolute atomic E-state index is 13.7. The van der Waals surface area contributed by atoms with E-state index in [1.807, 2.05) is 0 Å². The molecule has 0 bridgehead atoms. The molecule has 0 saturated heterocycles. The van der Waals surface area contributed by atoms with Crippen molar-refractivity contribution in [2.24, 2.45) is 5.16 Å². The lowest BCUT2D eigenvalue weighted by atomic mass is 9.90. The number of para-hydroxylation sites is 1. The fourth-order valence-electron chi connectivity index (χ4n) is 2.72. The number of carboxylic acids is 1. The number of carbonyl (C=O) groups is 2. The van der Waals surface area contributed by atoms with Gasteiger partial charge in [0.2, 0.25) is 11.5 Å². The van der Waals surface area contributed by atoms with Crippen molar-refractivity contribution in [2.45, 2.75) is 18.4 Å². The van der Waals surface area contributed by atoms with Gasteiger partial charge in [-0.2, -0.15) is 0 Å². The number of methoxy groups -OCH3 is 1. The van der Waals surface area contributed by atoms with Gasteiger partial charge in [-0.3, -0.25) is 4.79 Å². The lowest BCUT2D eigenvalue weighted by Crippen LogP contribution is -2.42. The zero-order chi connectivity index (χ0) is 19.4. The molecule has 2 aromatic rings. The summed E-state index contributed by atoms with van der Waals surface area (Å²) in [5.41, 5.74) is -0.811. The van der Waals surface area contributed by atoms with Crippen molar-refractivity contribution in [1.82, 2.24) is 0 Å².